The van der Waals surface area contributed by atoms with Gasteiger partial charge in [-0.2, -0.15) is 5.10 Å². The van der Waals surface area contributed by atoms with Gasteiger partial charge in [0.05, 0.1) is 6.20 Å². The molecule has 0 aliphatic carbocycles. The summed E-state index contributed by atoms with van der Waals surface area (Å²) in [4.78, 5) is -0.0786. The van der Waals surface area contributed by atoms with E-state index in [1.165, 1.54) is 16.8 Å². The van der Waals surface area contributed by atoms with Crippen LogP contribution < -0.4 is 29.6 Å². The summed E-state index contributed by atoms with van der Waals surface area (Å²) in [5, 5.41) is 3.94. The molecule has 1 atom stereocenters. The maximum Gasteiger partial charge on any atom is 1.00 e. The van der Waals surface area contributed by atoms with Gasteiger partial charge in [-0.15, -0.1) is 0 Å². The fourth-order valence-electron chi connectivity index (χ4n) is 1.32. The molecule has 1 aromatic carbocycles. The van der Waals surface area contributed by atoms with Gasteiger partial charge in [0.2, 0.25) is 0 Å². The molecule has 2 aromatic rings. The first kappa shape index (κ1) is 14.5. The molecular formula is C10H8FN2NaO2S. The fraction of sp³-hybridized carbons (Fsp3) is 0.100. The first-order valence-electron chi connectivity index (χ1n) is 4.48. The molecule has 0 radical (unpaired) electrons. The number of benzene rings is 1. The van der Waals surface area contributed by atoms with Gasteiger partial charge < -0.3 is 4.55 Å². The molecular weight excluding hydrogens is 254 g/mol. The molecule has 17 heavy (non-hydrogen) atoms. The minimum Gasteiger partial charge on any atom is -0.768 e. The molecule has 0 saturated carbocycles. The Morgan fingerprint density at radius 3 is 2.65 bits per heavy atom. The zero-order valence-electron chi connectivity index (χ0n) is 9.38. The van der Waals surface area contributed by atoms with Crippen molar-refractivity contribution in [3.8, 4) is 5.69 Å². The van der Waals surface area contributed by atoms with Crippen LogP contribution in [0.1, 0.15) is 5.56 Å². The Balaban J connectivity index is 0.00000144. The number of aromatic nitrogens is 2. The van der Waals surface area contributed by atoms with Crippen molar-refractivity contribution < 1.29 is 42.7 Å². The third-order valence-electron chi connectivity index (χ3n) is 2.07. The second-order valence-electron chi connectivity index (χ2n) is 3.31. The molecule has 2 rings (SSSR count). The number of nitrogens with zero attached hydrogens (tertiary/aromatic N) is 2. The van der Waals surface area contributed by atoms with Gasteiger partial charge >= 0.3 is 29.6 Å². The first-order valence-corrected chi connectivity index (χ1v) is 5.56. The Labute approximate surface area is 122 Å². The molecule has 1 heterocycles. The van der Waals surface area contributed by atoms with E-state index in [4.69, 9.17) is 0 Å². The molecule has 1 aromatic heterocycles. The van der Waals surface area contributed by atoms with E-state index in [-0.39, 0.29) is 40.1 Å². The van der Waals surface area contributed by atoms with Crippen LogP contribution in [0.5, 0.6) is 0 Å². The molecule has 4 nitrogen and oxygen atoms in total. The summed E-state index contributed by atoms with van der Waals surface area (Å²) in [6, 6.07) is 3.68. The Morgan fingerprint density at radius 1 is 1.47 bits per heavy atom. The van der Waals surface area contributed by atoms with Crippen molar-refractivity contribution in [1.29, 1.82) is 0 Å². The van der Waals surface area contributed by atoms with Crippen molar-refractivity contribution in [3.63, 3.8) is 0 Å². The third-order valence-corrected chi connectivity index (χ3v) is 2.71. The van der Waals surface area contributed by atoms with E-state index in [0.717, 1.165) is 11.6 Å². The predicted octanol–water partition coefficient (Wildman–Crippen LogP) is -1.44. The van der Waals surface area contributed by atoms with Crippen molar-refractivity contribution >= 4 is 11.1 Å². The van der Waals surface area contributed by atoms with Crippen molar-refractivity contribution in [2.45, 2.75) is 11.8 Å². The van der Waals surface area contributed by atoms with Crippen LogP contribution in [0.4, 0.5) is 4.39 Å². The van der Waals surface area contributed by atoms with Crippen LogP contribution in [0.25, 0.3) is 5.69 Å². The summed E-state index contributed by atoms with van der Waals surface area (Å²) >= 11 is -2.42. The van der Waals surface area contributed by atoms with Crippen LogP contribution in [0.2, 0.25) is 0 Å². The van der Waals surface area contributed by atoms with Crippen molar-refractivity contribution in [2.75, 3.05) is 0 Å². The summed E-state index contributed by atoms with van der Waals surface area (Å²) in [6.07, 6.45) is 3.26. The van der Waals surface area contributed by atoms with Gasteiger partial charge in [0.25, 0.3) is 0 Å². The normalized spacial score (nSPS) is 11.9. The summed E-state index contributed by atoms with van der Waals surface area (Å²) in [5.41, 5.74) is 1.12. The largest absolute Gasteiger partial charge is 1.00 e. The average Bonchev–Trinajstić information content (AvgIpc) is 2.64. The van der Waals surface area contributed by atoms with Crippen molar-refractivity contribution in [2.24, 2.45) is 0 Å². The minimum atomic E-state index is -2.42. The van der Waals surface area contributed by atoms with E-state index in [1.807, 2.05) is 6.92 Å². The summed E-state index contributed by atoms with van der Waals surface area (Å²) in [5.74, 6) is -0.621. The van der Waals surface area contributed by atoms with Crippen LogP contribution >= 0.6 is 0 Å². The van der Waals surface area contributed by atoms with Crippen LogP contribution in [-0.2, 0) is 11.1 Å². The van der Waals surface area contributed by atoms with Gasteiger partial charge in [0.15, 0.2) is 0 Å². The molecule has 0 amide bonds. The van der Waals surface area contributed by atoms with Gasteiger partial charge in [-0.25, -0.2) is 9.07 Å². The number of hydrogen-bond donors (Lipinski definition) is 0. The smallest absolute Gasteiger partial charge is 0.768 e. The molecule has 0 aliphatic heterocycles. The maximum absolute atomic E-state index is 13.6. The Kier molecular flexibility index (Phi) is 5.03. The molecule has 1 unspecified atom stereocenters. The van der Waals surface area contributed by atoms with Crippen molar-refractivity contribution in [1.82, 2.24) is 9.78 Å². The molecule has 84 valence electrons. The van der Waals surface area contributed by atoms with Crippen LogP contribution in [0, 0.1) is 12.7 Å². The fourth-order valence-corrected chi connectivity index (χ4v) is 1.70. The Morgan fingerprint density at radius 2 is 2.18 bits per heavy atom. The monoisotopic (exact) mass is 262 g/mol. The van der Waals surface area contributed by atoms with E-state index in [9.17, 15) is 13.2 Å². The second kappa shape index (κ2) is 5.88. The number of aryl methyl sites for hydroxylation is 1. The maximum atomic E-state index is 13.6. The van der Waals surface area contributed by atoms with Crippen LogP contribution in [-0.4, -0.2) is 18.5 Å². The number of rotatable bonds is 2. The van der Waals surface area contributed by atoms with E-state index in [1.54, 1.807) is 12.4 Å². The SMILES string of the molecule is Cc1cnn(-c2ccc(S(=O)[O-])cc2F)c1.[Na+]. The van der Waals surface area contributed by atoms with Gasteiger partial charge in [-0.3, -0.25) is 4.21 Å². The Hall–Kier alpha value is -0.530. The van der Waals surface area contributed by atoms with Gasteiger partial charge in [0.1, 0.15) is 11.5 Å². The quantitative estimate of drug-likeness (QED) is 0.492. The standard InChI is InChI=1S/C10H9FN2O2S.Na/c1-7-5-12-13(6-7)10-3-2-8(16(14)15)4-9(10)11;/h2-6H,1H3,(H,14,15);/q;+1/p-1. The molecule has 0 bridgehead atoms. The van der Waals surface area contributed by atoms with E-state index in [0.29, 0.717) is 0 Å². The molecule has 0 fully saturated rings. The van der Waals surface area contributed by atoms with Crippen molar-refractivity contribution in [3.05, 3.63) is 42.0 Å². The predicted molar refractivity (Wildman–Crippen MR) is 55.4 cm³/mol. The zero-order valence-corrected chi connectivity index (χ0v) is 12.2. The molecule has 7 heteroatoms. The summed E-state index contributed by atoms with van der Waals surface area (Å²) < 4.78 is 36.2. The molecule has 0 aliphatic rings. The third kappa shape index (κ3) is 3.23. The molecule has 0 saturated heterocycles. The molecule has 0 spiro atoms. The van der Waals surface area contributed by atoms with Gasteiger partial charge in [-0.1, -0.05) is 0 Å². The Bertz CT molecular complexity index is 559. The van der Waals surface area contributed by atoms with Gasteiger partial charge in [-0.05, 0) is 41.8 Å². The number of hydrogen-bond acceptors (Lipinski definition) is 3. The molecule has 0 N–H and O–H groups in total. The summed E-state index contributed by atoms with van der Waals surface area (Å²) in [7, 11) is 0. The van der Waals surface area contributed by atoms with E-state index >= 15 is 0 Å². The van der Waals surface area contributed by atoms with E-state index in [2.05, 4.69) is 5.10 Å². The van der Waals surface area contributed by atoms with Gasteiger partial charge in [0, 0.05) is 11.1 Å². The van der Waals surface area contributed by atoms with Crippen LogP contribution in [0.3, 0.4) is 0 Å². The van der Waals surface area contributed by atoms with E-state index < -0.39 is 16.9 Å². The zero-order chi connectivity index (χ0) is 11.7. The minimum absolute atomic E-state index is 0. The second-order valence-corrected chi connectivity index (χ2v) is 4.25. The average molecular weight is 262 g/mol. The first-order chi connectivity index (χ1) is 7.58. The van der Waals surface area contributed by atoms with Crippen LogP contribution in [0.15, 0.2) is 35.5 Å². The summed E-state index contributed by atoms with van der Waals surface area (Å²) in [6.45, 7) is 1.84. The number of halogens is 1. The topological polar surface area (TPSA) is 58.0 Å².